The van der Waals surface area contributed by atoms with Gasteiger partial charge in [-0.2, -0.15) is 0 Å². The van der Waals surface area contributed by atoms with Crippen LogP contribution in [-0.4, -0.2) is 68.4 Å². The van der Waals surface area contributed by atoms with Gasteiger partial charge < -0.3 is 14.4 Å². The molecule has 7 nitrogen and oxygen atoms in total. The molecule has 1 amide bonds. The monoisotopic (exact) mass is 488 g/mol. The van der Waals surface area contributed by atoms with Gasteiger partial charge in [0.1, 0.15) is 5.60 Å². The summed E-state index contributed by atoms with van der Waals surface area (Å²) in [6.45, 7) is 7.33. The van der Waals surface area contributed by atoms with E-state index >= 15 is 0 Å². The second-order valence-corrected chi connectivity index (χ2v) is 12.0. The van der Waals surface area contributed by atoms with Crippen LogP contribution in [0.4, 0.5) is 13.6 Å². The van der Waals surface area contributed by atoms with Crippen LogP contribution in [-0.2, 0) is 14.8 Å². The fraction of sp³-hybridized carbons (Fsp3) is 0.696. The van der Waals surface area contributed by atoms with E-state index in [1.807, 2.05) is 20.8 Å². The van der Waals surface area contributed by atoms with Crippen molar-refractivity contribution in [3.05, 3.63) is 29.3 Å². The third kappa shape index (κ3) is 7.02. The second kappa shape index (κ2) is 10.1. The second-order valence-electron chi connectivity index (χ2n) is 9.97. The molecule has 3 rings (SSSR count). The van der Waals surface area contributed by atoms with Crippen molar-refractivity contribution in [2.75, 3.05) is 39.0 Å². The number of rotatable bonds is 5. The summed E-state index contributed by atoms with van der Waals surface area (Å²) in [5, 5.41) is 0. The SMILES string of the molecule is CC(C)(C)OC(=O)N1CCC(COc2c(F)cc(C3CCN(S(C)(=O)=O)CC3)cc2F)CC1. The molecule has 0 bridgehead atoms. The Hall–Kier alpha value is -1.94. The number of carbonyl (C=O) groups is 1. The molecule has 0 aromatic heterocycles. The fourth-order valence-electron chi connectivity index (χ4n) is 4.28. The molecule has 0 saturated carbocycles. The molecule has 0 atom stereocenters. The third-order valence-electron chi connectivity index (χ3n) is 6.14. The van der Waals surface area contributed by atoms with Crippen molar-refractivity contribution >= 4 is 16.1 Å². The van der Waals surface area contributed by atoms with E-state index < -0.39 is 27.3 Å². The van der Waals surface area contributed by atoms with Gasteiger partial charge in [-0.3, -0.25) is 0 Å². The van der Waals surface area contributed by atoms with E-state index in [1.54, 1.807) is 4.90 Å². The first-order chi connectivity index (χ1) is 15.3. The standard InChI is InChI=1S/C23H34F2N2O5S/c1-23(2,3)32-22(28)26-9-5-16(6-10-26)15-31-21-19(24)13-18(14-20(21)25)17-7-11-27(12-8-17)33(4,29)30/h13-14,16-17H,5-12,15H2,1-4H3. The Bertz CT molecular complexity index is 925. The minimum absolute atomic E-state index is 0.0856. The number of nitrogens with zero attached hydrogens (tertiary/aromatic N) is 2. The van der Waals surface area contributed by atoms with Crippen molar-refractivity contribution in [1.82, 2.24) is 9.21 Å². The lowest BCUT2D eigenvalue weighted by Gasteiger charge is -2.33. The zero-order valence-corrected chi connectivity index (χ0v) is 20.6. The van der Waals surface area contributed by atoms with Crippen LogP contribution in [0.5, 0.6) is 5.75 Å². The highest BCUT2D eigenvalue weighted by molar-refractivity contribution is 7.88. The molecule has 2 saturated heterocycles. The number of piperidine rings is 2. The Morgan fingerprint density at radius 2 is 1.58 bits per heavy atom. The predicted octanol–water partition coefficient (Wildman–Crippen LogP) is 4.13. The first-order valence-corrected chi connectivity index (χ1v) is 13.2. The van der Waals surface area contributed by atoms with Crippen LogP contribution in [0.1, 0.15) is 57.9 Å². The summed E-state index contributed by atoms with van der Waals surface area (Å²) < 4.78 is 64.9. The first kappa shape index (κ1) is 25.7. The zero-order chi connectivity index (χ0) is 24.4. The van der Waals surface area contributed by atoms with Gasteiger partial charge in [0.25, 0.3) is 0 Å². The van der Waals surface area contributed by atoms with Gasteiger partial charge in [0.2, 0.25) is 10.0 Å². The summed E-state index contributed by atoms with van der Waals surface area (Å²) >= 11 is 0. The van der Waals surface area contributed by atoms with Crippen LogP contribution < -0.4 is 4.74 Å². The lowest BCUT2D eigenvalue weighted by molar-refractivity contribution is 0.0163. The Morgan fingerprint density at radius 1 is 1.03 bits per heavy atom. The van der Waals surface area contributed by atoms with Crippen molar-refractivity contribution in [2.45, 2.75) is 58.0 Å². The number of ether oxygens (including phenoxy) is 2. The molecule has 2 aliphatic heterocycles. The molecule has 0 unspecified atom stereocenters. The molecular weight excluding hydrogens is 454 g/mol. The highest BCUT2D eigenvalue weighted by Crippen LogP contribution is 2.33. The van der Waals surface area contributed by atoms with E-state index in [9.17, 15) is 22.0 Å². The van der Waals surface area contributed by atoms with Crippen LogP contribution in [0, 0.1) is 17.6 Å². The highest BCUT2D eigenvalue weighted by atomic mass is 32.2. The normalized spacial score (nSPS) is 19.5. The number of carbonyl (C=O) groups excluding carboxylic acids is 1. The average molecular weight is 489 g/mol. The zero-order valence-electron chi connectivity index (χ0n) is 19.8. The van der Waals surface area contributed by atoms with E-state index in [0.29, 0.717) is 57.4 Å². The minimum Gasteiger partial charge on any atom is -0.487 e. The maximum absolute atomic E-state index is 14.7. The topological polar surface area (TPSA) is 76.2 Å². The largest absolute Gasteiger partial charge is 0.487 e. The minimum atomic E-state index is -3.25. The molecule has 10 heteroatoms. The van der Waals surface area contributed by atoms with E-state index in [2.05, 4.69) is 0 Å². The van der Waals surface area contributed by atoms with Crippen LogP contribution in [0.3, 0.4) is 0 Å². The molecule has 2 fully saturated rings. The van der Waals surface area contributed by atoms with Crippen LogP contribution >= 0.6 is 0 Å². The molecule has 0 N–H and O–H groups in total. The van der Waals surface area contributed by atoms with E-state index in [4.69, 9.17) is 9.47 Å². The van der Waals surface area contributed by atoms with Crippen molar-refractivity contribution in [3.63, 3.8) is 0 Å². The number of amides is 1. The fourth-order valence-corrected chi connectivity index (χ4v) is 5.16. The summed E-state index contributed by atoms with van der Waals surface area (Å²) in [5.74, 6) is -1.90. The van der Waals surface area contributed by atoms with Crippen LogP contribution in [0.15, 0.2) is 12.1 Å². The van der Waals surface area contributed by atoms with Gasteiger partial charge in [-0.25, -0.2) is 26.3 Å². The van der Waals surface area contributed by atoms with Gasteiger partial charge in [-0.05, 0) is 76.0 Å². The summed E-state index contributed by atoms with van der Waals surface area (Å²) in [4.78, 5) is 13.8. The van der Waals surface area contributed by atoms with E-state index in [1.165, 1.54) is 22.7 Å². The maximum atomic E-state index is 14.7. The molecule has 33 heavy (non-hydrogen) atoms. The summed E-state index contributed by atoms with van der Waals surface area (Å²) in [6.07, 6.45) is 3.18. The molecule has 186 valence electrons. The van der Waals surface area contributed by atoms with Crippen molar-refractivity contribution in [1.29, 1.82) is 0 Å². The van der Waals surface area contributed by atoms with Gasteiger partial charge in [0.05, 0.1) is 12.9 Å². The van der Waals surface area contributed by atoms with Crippen molar-refractivity contribution < 1.29 is 31.5 Å². The highest BCUT2D eigenvalue weighted by Gasteiger charge is 2.29. The number of halogens is 2. The van der Waals surface area contributed by atoms with Crippen molar-refractivity contribution in [2.24, 2.45) is 5.92 Å². The summed E-state index contributed by atoms with van der Waals surface area (Å²) in [5.41, 5.74) is -0.0284. The quantitative estimate of drug-likeness (QED) is 0.623. The number of likely N-dealkylation sites (tertiary alicyclic amines) is 1. The Kier molecular flexibility index (Phi) is 7.88. The Balaban J connectivity index is 1.52. The first-order valence-electron chi connectivity index (χ1n) is 11.4. The molecule has 2 heterocycles. The average Bonchev–Trinajstić information content (AvgIpc) is 2.71. The van der Waals surface area contributed by atoms with Gasteiger partial charge >= 0.3 is 6.09 Å². The number of hydrogen-bond donors (Lipinski definition) is 0. The van der Waals surface area contributed by atoms with Gasteiger partial charge in [0.15, 0.2) is 17.4 Å². The van der Waals surface area contributed by atoms with E-state index in [-0.39, 0.29) is 30.3 Å². The smallest absolute Gasteiger partial charge is 0.410 e. The predicted molar refractivity (Wildman–Crippen MR) is 121 cm³/mol. The third-order valence-corrected chi connectivity index (χ3v) is 7.45. The summed E-state index contributed by atoms with van der Waals surface area (Å²) in [7, 11) is -3.25. The Morgan fingerprint density at radius 3 is 2.06 bits per heavy atom. The van der Waals surface area contributed by atoms with Gasteiger partial charge in [-0.15, -0.1) is 0 Å². The molecular formula is C23H34F2N2O5S. The van der Waals surface area contributed by atoms with Gasteiger partial charge in [-0.1, -0.05) is 0 Å². The lowest BCUT2D eigenvalue weighted by atomic mass is 9.90. The van der Waals surface area contributed by atoms with Crippen LogP contribution in [0.2, 0.25) is 0 Å². The molecule has 0 spiro atoms. The molecule has 1 aromatic carbocycles. The number of benzene rings is 1. The summed E-state index contributed by atoms with van der Waals surface area (Å²) in [6, 6.07) is 2.59. The maximum Gasteiger partial charge on any atom is 0.410 e. The lowest BCUT2D eigenvalue weighted by Crippen LogP contribution is -2.42. The molecule has 0 aliphatic carbocycles. The number of hydrogen-bond acceptors (Lipinski definition) is 5. The van der Waals surface area contributed by atoms with Gasteiger partial charge in [0, 0.05) is 26.2 Å². The van der Waals surface area contributed by atoms with Crippen LogP contribution in [0.25, 0.3) is 0 Å². The van der Waals surface area contributed by atoms with Crippen molar-refractivity contribution in [3.8, 4) is 5.75 Å². The Labute approximate surface area is 195 Å². The molecule has 1 aromatic rings. The van der Waals surface area contributed by atoms with E-state index in [0.717, 1.165) is 0 Å². The molecule has 0 radical (unpaired) electrons. The molecule has 2 aliphatic rings. The number of sulfonamides is 1.